The highest BCUT2D eigenvalue weighted by atomic mass is 16.6. The zero-order valence-electron chi connectivity index (χ0n) is 10.3. The molecule has 1 unspecified atom stereocenters. The number of benzene rings is 1. The van der Waals surface area contributed by atoms with Crippen molar-refractivity contribution in [3.8, 4) is 5.75 Å². The number of amides is 1. The summed E-state index contributed by atoms with van der Waals surface area (Å²) in [6.45, 7) is 1.70. The van der Waals surface area contributed by atoms with Crippen LogP contribution in [0.1, 0.15) is 12.8 Å². The molecule has 0 bridgehead atoms. The molecule has 7 heteroatoms. The van der Waals surface area contributed by atoms with E-state index in [9.17, 15) is 14.9 Å². The predicted molar refractivity (Wildman–Crippen MR) is 68.1 cm³/mol. The summed E-state index contributed by atoms with van der Waals surface area (Å²) < 4.78 is 5.05. The van der Waals surface area contributed by atoms with E-state index in [0.29, 0.717) is 0 Å². The van der Waals surface area contributed by atoms with Crippen LogP contribution in [0.3, 0.4) is 0 Å². The molecule has 1 saturated heterocycles. The lowest BCUT2D eigenvalue weighted by Crippen LogP contribution is -2.46. The Kier molecular flexibility index (Phi) is 4.30. The summed E-state index contributed by atoms with van der Waals surface area (Å²) in [7, 11) is 0. The average Bonchev–Trinajstić information content (AvgIpc) is 2.40. The topological polar surface area (TPSA) is 93.5 Å². The van der Waals surface area contributed by atoms with Crippen LogP contribution in [0.25, 0.3) is 0 Å². The number of hydrogen-bond acceptors (Lipinski definition) is 5. The Morgan fingerprint density at radius 3 is 2.74 bits per heavy atom. The first-order chi connectivity index (χ1) is 9.15. The van der Waals surface area contributed by atoms with Crippen LogP contribution in [-0.2, 0) is 0 Å². The lowest BCUT2D eigenvalue weighted by molar-refractivity contribution is -0.384. The van der Waals surface area contributed by atoms with Crippen LogP contribution in [0.15, 0.2) is 24.3 Å². The largest absolute Gasteiger partial charge is 0.412 e. The highest BCUT2D eigenvalue weighted by molar-refractivity contribution is 5.70. The SMILES string of the molecule is O=C(NC1CCCNC1)Oc1ccc([N+](=O)[O-])cc1. The summed E-state index contributed by atoms with van der Waals surface area (Å²) in [6.07, 6.45) is 1.40. The first-order valence-electron chi connectivity index (χ1n) is 6.08. The number of hydrogen-bond donors (Lipinski definition) is 2. The van der Waals surface area contributed by atoms with E-state index in [2.05, 4.69) is 10.6 Å². The summed E-state index contributed by atoms with van der Waals surface area (Å²) in [5, 5.41) is 16.4. The number of piperidine rings is 1. The van der Waals surface area contributed by atoms with Crippen molar-refractivity contribution < 1.29 is 14.5 Å². The van der Waals surface area contributed by atoms with Crippen molar-refractivity contribution in [3.63, 3.8) is 0 Å². The summed E-state index contributed by atoms with van der Waals surface area (Å²) in [5.74, 6) is 0.284. The van der Waals surface area contributed by atoms with E-state index in [1.54, 1.807) is 0 Å². The molecule has 1 amide bonds. The summed E-state index contributed by atoms with van der Waals surface area (Å²) in [5.41, 5.74) is -0.0377. The number of non-ortho nitro benzene ring substituents is 1. The molecule has 1 fully saturated rings. The van der Waals surface area contributed by atoms with Gasteiger partial charge in [-0.05, 0) is 31.5 Å². The monoisotopic (exact) mass is 265 g/mol. The third kappa shape index (κ3) is 3.92. The van der Waals surface area contributed by atoms with Crippen molar-refractivity contribution in [2.75, 3.05) is 13.1 Å². The van der Waals surface area contributed by atoms with Gasteiger partial charge in [-0.3, -0.25) is 10.1 Å². The zero-order valence-corrected chi connectivity index (χ0v) is 10.3. The van der Waals surface area contributed by atoms with Crippen LogP contribution >= 0.6 is 0 Å². The van der Waals surface area contributed by atoms with E-state index in [1.165, 1.54) is 24.3 Å². The molecule has 1 aromatic rings. The van der Waals surface area contributed by atoms with Crippen LogP contribution in [-0.4, -0.2) is 30.1 Å². The highest BCUT2D eigenvalue weighted by Gasteiger charge is 2.16. The molecule has 1 aromatic carbocycles. The Morgan fingerprint density at radius 1 is 1.42 bits per heavy atom. The molecule has 2 N–H and O–H groups in total. The quantitative estimate of drug-likeness (QED) is 0.637. The fourth-order valence-corrected chi connectivity index (χ4v) is 1.91. The van der Waals surface area contributed by atoms with Crippen molar-refractivity contribution >= 4 is 11.8 Å². The molecular formula is C12H15N3O4. The molecule has 0 saturated carbocycles. The number of nitro groups is 1. The van der Waals surface area contributed by atoms with Gasteiger partial charge in [0.2, 0.25) is 0 Å². The van der Waals surface area contributed by atoms with Gasteiger partial charge >= 0.3 is 6.09 Å². The first kappa shape index (κ1) is 13.3. The molecule has 1 aliphatic heterocycles. The molecule has 1 heterocycles. The Labute approximate surface area is 110 Å². The van der Waals surface area contributed by atoms with Gasteiger partial charge in [0.05, 0.1) is 4.92 Å². The van der Waals surface area contributed by atoms with Gasteiger partial charge in [-0.2, -0.15) is 0 Å². The van der Waals surface area contributed by atoms with Gasteiger partial charge in [0.25, 0.3) is 5.69 Å². The van der Waals surface area contributed by atoms with Crippen LogP contribution in [0.4, 0.5) is 10.5 Å². The second-order valence-electron chi connectivity index (χ2n) is 4.33. The maximum Gasteiger partial charge on any atom is 0.412 e. The molecule has 0 aromatic heterocycles. The molecule has 102 valence electrons. The number of carbonyl (C=O) groups is 1. The third-order valence-electron chi connectivity index (χ3n) is 2.88. The molecule has 0 spiro atoms. The number of nitro benzene ring substituents is 1. The average molecular weight is 265 g/mol. The summed E-state index contributed by atoms with van der Waals surface area (Å²) >= 11 is 0. The number of nitrogens with one attached hydrogen (secondary N) is 2. The maximum absolute atomic E-state index is 11.6. The van der Waals surface area contributed by atoms with Gasteiger partial charge in [-0.25, -0.2) is 4.79 Å². The van der Waals surface area contributed by atoms with Crippen molar-refractivity contribution in [1.29, 1.82) is 0 Å². The Bertz CT molecular complexity index is 455. The minimum absolute atomic E-state index is 0.0377. The van der Waals surface area contributed by atoms with Gasteiger partial charge in [0, 0.05) is 24.7 Å². The van der Waals surface area contributed by atoms with E-state index >= 15 is 0 Å². The Hall–Kier alpha value is -2.15. The lowest BCUT2D eigenvalue weighted by Gasteiger charge is -2.23. The number of rotatable bonds is 3. The minimum atomic E-state index is -0.539. The van der Waals surface area contributed by atoms with Gasteiger partial charge in [-0.15, -0.1) is 0 Å². The molecule has 19 heavy (non-hydrogen) atoms. The van der Waals surface area contributed by atoms with Crippen LogP contribution in [0.5, 0.6) is 5.75 Å². The van der Waals surface area contributed by atoms with Gasteiger partial charge in [0.1, 0.15) is 5.75 Å². The Morgan fingerprint density at radius 2 is 2.16 bits per heavy atom. The standard InChI is InChI=1S/C12H15N3O4/c16-12(14-9-2-1-7-13-8-9)19-11-5-3-10(4-6-11)15(17)18/h3-6,9,13H,1-2,7-8H2,(H,14,16). The van der Waals surface area contributed by atoms with Crippen LogP contribution in [0.2, 0.25) is 0 Å². The molecule has 0 aliphatic carbocycles. The lowest BCUT2D eigenvalue weighted by atomic mass is 10.1. The van der Waals surface area contributed by atoms with Gasteiger partial charge in [0.15, 0.2) is 0 Å². The molecule has 7 nitrogen and oxygen atoms in total. The smallest absolute Gasteiger partial charge is 0.410 e. The minimum Gasteiger partial charge on any atom is -0.410 e. The van der Waals surface area contributed by atoms with E-state index in [1.807, 2.05) is 0 Å². The molecule has 1 aliphatic rings. The second-order valence-corrected chi connectivity index (χ2v) is 4.33. The van der Waals surface area contributed by atoms with Crippen molar-refractivity contribution in [3.05, 3.63) is 34.4 Å². The summed E-state index contributed by atoms with van der Waals surface area (Å²) in [6, 6.07) is 5.46. The van der Waals surface area contributed by atoms with E-state index in [4.69, 9.17) is 4.74 Å². The fraction of sp³-hybridized carbons (Fsp3) is 0.417. The maximum atomic E-state index is 11.6. The van der Waals surface area contributed by atoms with Gasteiger partial charge < -0.3 is 15.4 Å². The number of carbonyl (C=O) groups excluding carboxylic acids is 1. The normalized spacial score (nSPS) is 18.6. The fourth-order valence-electron chi connectivity index (χ4n) is 1.91. The first-order valence-corrected chi connectivity index (χ1v) is 6.08. The van der Waals surface area contributed by atoms with E-state index in [0.717, 1.165) is 25.9 Å². The third-order valence-corrected chi connectivity index (χ3v) is 2.88. The zero-order chi connectivity index (χ0) is 13.7. The molecular weight excluding hydrogens is 250 g/mol. The molecule has 2 rings (SSSR count). The van der Waals surface area contributed by atoms with Crippen LogP contribution < -0.4 is 15.4 Å². The summed E-state index contributed by atoms with van der Waals surface area (Å²) in [4.78, 5) is 21.6. The molecule has 0 radical (unpaired) electrons. The molecule has 1 atom stereocenters. The number of ether oxygens (including phenoxy) is 1. The van der Waals surface area contributed by atoms with E-state index in [-0.39, 0.29) is 17.5 Å². The van der Waals surface area contributed by atoms with Gasteiger partial charge in [-0.1, -0.05) is 0 Å². The highest BCUT2D eigenvalue weighted by Crippen LogP contribution is 2.17. The number of nitrogens with zero attached hydrogens (tertiary/aromatic N) is 1. The Balaban J connectivity index is 1.85. The van der Waals surface area contributed by atoms with Crippen molar-refractivity contribution in [1.82, 2.24) is 10.6 Å². The van der Waals surface area contributed by atoms with Crippen molar-refractivity contribution in [2.45, 2.75) is 18.9 Å². The second kappa shape index (κ2) is 6.14. The van der Waals surface area contributed by atoms with Crippen LogP contribution in [0, 0.1) is 10.1 Å². The van der Waals surface area contributed by atoms with Crippen molar-refractivity contribution in [2.24, 2.45) is 0 Å². The predicted octanol–water partition coefficient (Wildman–Crippen LogP) is 1.44. The van der Waals surface area contributed by atoms with E-state index < -0.39 is 11.0 Å².